The van der Waals surface area contributed by atoms with E-state index in [2.05, 4.69) is 26.6 Å². The predicted molar refractivity (Wildman–Crippen MR) is 130 cm³/mol. The zero-order valence-electron chi connectivity index (χ0n) is 19.4. The molecule has 0 atom stereocenters. The fraction of sp³-hybridized carbons (Fsp3) is 0.154. The summed E-state index contributed by atoms with van der Waals surface area (Å²) in [5.74, 6) is 0.378. The first-order valence-electron chi connectivity index (χ1n) is 11.2. The molecule has 5 rings (SSSR count). The molecule has 0 saturated heterocycles. The summed E-state index contributed by atoms with van der Waals surface area (Å²) < 4.78 is 43.9. The lowest BCUT2D eigenvalue weighted by Crippen LogP contribution is -2.06. The van der Waals surface area contributed by atoms with Crippen LogP contribution in [0.3, 0.4) is 0 Å². The van der Waals surface area contributed by atoms with Gasteiger partial charge in [-0.3, -0.25) is 0 Å². The fourth-order valence-corrected chi connectivity index (χ4v) is 4.18. The van der Waals surface area contributed by atoms with Crippen LogP contribution in [0.25, 0.3) is 33.7 Å². The third-order valence-electron chi connectivity index (χ3n) is 5.86. The number of aromatic nitrogens is 5. The first-order valence-corrected chi connectivity index (χ1v) is 11.2. The van der Waals surface area contributed by atoms with E-state index in [0.717, 1.165) is 28.9 Å². The van der Waals surface area contributed by atoms with Crippen molar-refractivity contribution in [1.82, 2.24) is 24.4 Å². The van der Waals surface area contributed by atoms with Gasteiger partial charge in [0.2, 0.25) is 5.95 Å². The number of hydrogen-bond acceptors (Lipinski definition) is 5. The van der Waals surface area contributed by atoms with Gasteiger partial charge in [0.05, 0.1) is 34.8 Å². The van der Waals surface area contributed by atoms with E-state index in [0.29, 0.717) is 40.5 Å². The Balaban J connectivity index is 1.76. The van der Waals surface area contributed by atoms with Crippen molar-refractivity contribution in [2.45, 2.75) is 20.0 Å². The third-order valence-corrected chi connectivity index (χ3v) is 5.86. The van der Waals surface area contributed by atoms with Crippen LogP contribution < -0.4 is 5.32 Å². The van der Waals surface area contributed by atoms with E-state index in [9.17, 15) is 13.2 Å². The summed E-state index contributed by atoms with van der Waals surface area (Å²) in [5, 5.41) is 21.1. The molecule has 0 aliphatic rings. The zero-order valence-corrected chi connectivity index (χ0v) is 19.4. The molecule has 0 saturated carbocycles. The Labute approximate surface area is 204 Å². The predicted octanol–water partition coefficient (Wildman–Crippen LogP) is 5.88. The third kappa shape index (κ3) is 4.05. The van der Waals surface area contributed by atoms with Crippen molar-refractivity contribution in [3.8, 4) is 34.1 Å². The Morgan fingerprint density at radius 3 is 2.56 bits per heavy atom. The van der Waals surface area contributed by atoms with Crippen LogP contribution in [0, 0.1) is 18.3 Å². The highest BCUT2D eigenvalue weighted by atomic mass is 19.4. The van der Waals surface area contributed by atoms with Gasteiger partial charge in [0.1, 0.15) is 0 Å². The number of alkyl halides is 3. The van der Waals surface area contributed by atoms with E-state index in [-0.39, 0.29) is 0 Å². The second-order valence-electron chi connectivity index (χ2n) is 8.14. The Kier molecular flexibility index (Phi) is 5.68. The van der Waals surface area contributed by atoms with E-state index in [4.69, 9.17) is 5.26 Å². The summed E-state index contributed by atoms with van der Waals surface area (Å²) in [6.07, 6.45) is -1.03. The van der Waals surface area contributed by atoms with Crippen LogP contribution in [0.15, 0.2) is 67.0 Å². The molecule has 36 heavy (non-hydrogen) atoms. The lowest BCUT2D eigenvalue weighted by Gasteiger charge is -2.16. The molecule has 0 unspecified atom stereocenters. The molecular formula is C26H20F3N7. The smallest absolute Gasteiger partial charge is 0.353 e. The maximum atomic E-state index is 13.5. The molecule has 3 aromatic heterocycles. The van der Waals surface area contributed by atoms with Gasteiger partial charge in [0, 0.05) is 23.9 Å². The van der Waals surface area contributed by atoms with Crippen LogP contribution in [-0.4, -0.2) is 30.9 Å². The SMILES string of the molecule is CCNc1nc2c(-c3cccc(C(F)(F)F)c3)c(C)c(-c3ccnn3-c3ccc(C#N)cc3)cn2n1. The maximum absolute atomic E-state index is 13.5. The van der Waals surface area contributed by atoms with Gasteiger partial charge < -0.3 is 5.32 Å². The Morgan fingerprint density at radius 2 is 1.86 bits per heavy atom. The monoisotopic (exact) mass is 487 g/mol. The van der Waals surface area contributed by atoms with Crippen LogP contribution in [-0.2, 0) is 6.18 Å². The van der Waals surface area contributed by atoms with Crippen molar-refractivity contribution in [3.05, 3.63) is 83.7 Å². The standard InChI is InChI=1S/C26H20F3N7/c1-3-31-25-33-24-23(18-5-4-6-19(13-18)26(27,28)29)16(2)21(15-35(24)34-25)22-11-12-32-36(22)20-9-7-17(14-30)8-10-20/h4-13,15H,3H2,1-2H3,(H,31,34). The van der Waals surface area contributed by atoms with Gasteiger partial charge in [0.15, 0.2) is 5.65 Å². The van der Waals surface area contributed by atoms with Gasteiger partial charge in [0.25, 0.3) is 0 Å². The zero-order chi connectivity index (χ0) is 25.4. The first kappa shape index (κ1) is 23.1. The van der Waals surface area contributed by atoms with Gasteiger partial charge in [-0.1, -0.05) is 12.1 Å². The number of nitriles is 1. The van der Waals surface area contributed by atoms with Crippen molar-refractivity contribution in [1.29, 1.82) is 5.26 Å². The number of halogens is 3. The summed E-state index contributed by atoms with van der Waals surface area (Å²) in [5.41, 5.74) is 4.06. The first-order chi connectivity index (χ1) is 17.3. The molecular weight excluding hydrogens is 467 g/mol. The molecule has 3 heterocycles. The molecule has 0 fully saturated rings. The molecule has 0 aliphatic heterocycles. The van der Waals surface area contributed by atoms with E-state index < -0.39 is 11.7 Å². The quantitative estimate of drug-likeness (QED) is 0.335. The fourth-order valence-electron chi connectivity index (χ4n) is 4.18. The number of hydrogen-bond donors (Lipinski definition) is 1. The molecule has 180 valence electrons. The van der Waals surface area contributed by atoms with Gasteiger partial charge in [-0.25, -0.2) is 9.20 Å². The second kappa shape index (κ2) is 8.85. The van der Waals surface area contributed by atoms with E-state index in [1.54, 1.807) is 51.9 Å². The van der Waals surface area contributed by atoms with Crippen LogP contribution in [0.1, 0.15) is 23.6 Å². The number of fused-ring (bicyclic) bond motifs is 1. The molecule has 1 N–H and O–H groups in total. The van der Waals surface area contributed by atoms with Crippen molar-refractivity contribution in [3.63, 3.8) is 0 Å². The van der Waals surface area contributed by atoms with E-state index in [1.807, 2.05) is 19.9 Å². The average molecular weight is 487 g/mol. The van der Waals surface area contributed by atoms with Gasteiger partial charge in [-0.05, 0) is 67.4 Å². The van der Waals surface area contributed by atoms with Crippen molar-refractivity contribution >= 4 is 11.6 Å². The van der Waals surface area contributed by atoms with Crippen molar-refractivity contribution in [2.24, 2.45) is 0 Å². The van der Waals surface area contributed by atoms with Crippen molar-refractivity contribution in [2.75, 3.05) is 11.9 Å². The van der Waals surface area contributed by atoms with Crippen LogP contribution in [0.4, 0.5) is 19.1 Å². The Morgan fingerprint density at radius 1 is 1.08 bits per heavy atom. The largest absolute Gasteiger partial charge is 0.416 e. The second-order valence-corrected chi connectivity index (χ2v) is 8.14. The molecule has 2 aromatic carbocycles. The lowest BCUT2D eigenvalue weighted by atomic mass is 9.95. The minimum Gasteiger partial charge on any atom is -0.353 e. The highest BCUT2D eigenvalue weighted by molar-refractivity contribution is 5.86. The summed E-state index contributed by atoms with van der Waals surface area (Å²) in [6.45, 7) is 4.35. The summed E-state index contributed by atoms with van der Waals surface area (Å²) in [4.78, 5) is 4.56. The van der Waals surface area contributed by atoms with Crippen LogP contribution in [0.2, 0.25) is 0 Å². The van der Waals surface area contributed by atoms with E-state index in [1.165, 1.54) is 6.07 Å². The maximum Gasteiger partial charge on any atom is 0.416 e. The van der Waals surface area contributed by atoms with Gasteiger partial charge in [-0.2, -0.15) is 28.5 Å². The molecule has 5 aromatic rings. The summed E-state index contributed by atoms with van der Waals surface area (Å²) in [7, 11) is 0. The van der Waals surface area contributed by atoms with Crippen LogP contribution >= 0.6 is 0 Å². The van der Waals surface area contributed by atoms with Crippen LogP contribution in [0.5, 0.6) is 0 Å². The number of rotatable bonds is 5. The number of anilines is 1. The minimum atomic E-state index is -4.48. The number of pyridine rings is 1. The van der Waals surface area contributed by atoms with E-state index >= 15 is 0 Å². The van der Waals surface area contributed by atoms with Gasteiger partial charge >= 0.3 is 6.18 Å². The lowest BCUT2D eigenvalue weighted by molar-refractivity contribution is -0.137. The molecule has 0 amide bonds. The number of nitrogens with one attached hydrogen (secondary N) is 1. The molecule has 0 spiro atoms. The average Bonchev–Trinajstić information content (AvgIpc) is 3.50. The highest BCUT2D eigenvalue weighted by Crippen LogP contribution is 2.38. The minimum absolute atomic E-state index is 0.378. The normalized spacial score (nSPS) is 11.6. The molecule has 0 radical (unpaired) electrons. The van der Waals surface area contributed by atoms with Crippen molar-refractivity contribution < 1.29 is 13.2 Å². The Bertz CT molecular complexity index is 1610. The topological polar surface area (TPSA) is 83.8 Å². The summed E-state index contributed by atoms with van der Waals surface area (Å²) >= 11 is 0. The number of benzene rings is 2. The molecule has 0 aliphatic carbocycles. The highest BCUT2D eigenvalue weighted by Gasteiger charge is 2.31. The number of nitrogens with zero attached hydrogens (tertiary/aromatic N) is 6. The molecule has 0 bridgehead atoms. The Hall–Kier alpha value is -4.65. The summed E-state index contributed by atoms with van der Waals surface area (Å²) in [6, 6.07) is 16.1. The molecule has 7 nitrogen and oxygen atoms in total. The van der Waals surface area contributed by atoms with Gasteiger partial charge in [-0.15, -0.1) is 5.10 Å². The molecule has 10 heteroatoms.